The van der Waals surface area contributed by atoms with Crippen LogP contribution in [0.3, 0.4) is 0 Å². The zero-order chi connectivity index (χ0) is 20.7. The van der Waals surface area contributed by atoms with Gasteiger partial charge in [0.25, 0.3) is 0 Å². The van der Waals surface area contributed by atoms with Crippen LogP contribution in [0.15, 0.2) is 36.4 Å². The van der Waals surface area contributed by atoms with Crippen LogP contribution in [0.2, 0.25) is 0 Å². The molecule has 0 radical (unpaired) electrons. The molecule has 2 aromatic heterocycles. The molecule has 4 heterocycles. The van der Waals surface area contributed by atoms with Crippen molar-refractivity contribution in [3.8, 4) is 0 Å². The van der Waals surface area contributed by atoms with Crippen LogP contribution in [-0.4, -0.2) is 41.8 Å². The first-order valence-corrected chi connectivity index (χ1v) is 11.5. The Hall–Kier alpha value is -2.19. The molecule has 2 aliphatic heterocycles. The molecule has 158 valence electrons. The zero-order valence-corrected chi connectivity index (χ0v) is 18.1. The minimum absolute atomic E-state index is 0.376. The van der Waals surface area contributed by atoms with Gasteiger partial charge in [-0.2, -0.15) is 0 Å². The van der Waals surface area contributed by atoms with Gasteiger partial charge in [-0.3, -0.25) is 5.32 Å². The van der Waals surface area contributed by atoms with Crippen LogP contribution < -0.4 is 21.3 Å². The number of nitrogens with zero attached hydrogens (tertiary/aromatic N) is 2. The molecule has 3 aromatic rings. The number of thiophene rings is 1. The molecule has 7 heteroatoms. The number of aryl methyl sites for hydroxylation is 1. The Kier molecular flexibility index (Phi) is 5.14. The fraction of sp³-hybridized carbons (Fsp3) is 0.435. The van der Waals surface area contributed by atoms with Gasteiger partial charge >= 0.3 is 0 Å². The third-order valence-corrected chi connectivity index (χ3v) is 7.55. The van der Waals surface area contributed by atoms with Gasteiger partial charge in [-0.05, 0) is 62.6 Å². The maximum Gasteiger partial charge on any atom is 0.142 e. The molecule has 1 aromatic carbocycles. The van der Waals surface area contributed by atoms with Crippen molar-refractivity contribution in [2.45, 2.75) is 38.0 Å². The van der Waals surface area contributed by atoms with Gasteiger partial charge in [0.2, 0.25) is 0 Å². The predicted octanol–water partition coefficient (Wildman–Crippen LogP) is 2.95. The summed E-state index contributed by atoms with van der Waals surface area (Å²) in [5.41, 5.74) is 10.7. The lowest BCUT2D eigenvalue weighted by atomic mass is 9.87. The van der Waals surface area contributed by atoms with Gasteiger partial charge in [0, 0.05) is 36.4 Å². The lowest BCUT2D eigenvalue weighted by Gasteiger charge is -2.49. The van der Waals surface area contributed by atoms with Gasteiger partial charge in [0.05, 0.1) is 16.1 Å². The summed E-state index contributed by atoms with van der Waals surface area (Å²) in [7, 11) is 0. The van der Waals surface area contributed by atoms with Gasteiger partial charge in [-0.25, -0.2) is 4.98 Å². The topological polar surface area (TPSA) is 86.4 Å². The molecule has 1 atom stereocenters. The number of anilines is 2. The number of nitrogen functional groups attached to an aromatic ring is 1. The molecular weight excluding hydrogens is 394 g/mol. The second kappa shape index (κ2) is 7.81. The van der Waals surface area contributed by atoms with Crippen LogP contribution in [-0.2, 0) is 6.42 Å². The summed E-state index contributed by atoms with van der Waals surface area (Å²) in [6.45, 7) is 6.03. The number of fused-ring (bicyclic) bond motifs is 1. The minimum atomic E-state index is -0.778. The van der Waals surface area contributed by atoms with Crippen molar-refractivity contribution in [3.63, 3.8) is 0 Å². The molecule has 30 heavy (non-hydrogen) atoms. The Balaban J connectivity index is 1.15. The average molecular weight is 424 g/mol. The van der Waals surface area contributed by atoms with Crippen LogP contribution in [0.5, 0.6) is 0 Å². The summed E-state index contributed by atoms with van der Waals surface area (Å²) < 4.78 is 0. The number of hydrogen-bond acceptors (Lipinski definition) is 7. The van der Waals surface area contributed by atoms with Crippen molar-refractivity contribution in [1.29, 1.82) is 0 Å². The van der Waals surface area contributed by atoms with Crippen molar-refractivity contribution in [2.75, 3.05) is 36.8 Å². The lowest BCUT2D eigenvalue weighted by Crippen LogP contribution is -2.66. The van der Waals surface area contributed by atoms with E-state index in [4.69, 9.17) is 5.73 Å². The Morgan fingerprint density at radius 3 is 2.80 bits per heavy atom. The van der Waals surface area contributed by atoms with Crippen LogP contribution in [0.1, 0.15) is 35.2 Å². The first kappa shape index (κ1) is 19.8. The minimum Gasteiger partial charge on any atom is -0.397 e. The molecule has 0 saturated carbocycles. The van der Waals surface area contributed by atoms with E-state index in [9.17, 15) is 5.11 Å². The number of benzene rings is 1. The van der Waals surface area contributed by atoms with E-state index in [0.29, 0.717) is 17.8 Å². The van der Waals surface area contributed by atoms with Crippen molar-refractivity contribution >= 4 is 32.9 Å². The maximum absolute atomic E-state index is 10.6. The molecule has 0 bridgehead atoms. The molecule has 5 N–H and O–H groups in total. The Morgan fingerprint density at radius 1 is 1.27 bits per heavy atom. The van der Waals surface area contributed by atoms with E-state index < -0.39 is 6.23 Å². The first-order valence-electron chi connectivity index (χ1n) is 10.7. The highest BCUT2D eigenvalue weighted by atomic mass is 32.1. The number of aliphatic hydroxyl groups excluding tert-OH is 1. The van der Waals surface area contributed by atoms with Gasteiger partial charge in [-0.15, -0.1) is 11.3 Å². The third-order valence-electron chi connectivity index (χ3n) is 6.38. The van der Waals surface area contributed by atoms with Crippen molar-refractivity contribution < 1.29 is 5.11 Å². The standard InChI is InChI=1S/C23H29N5OS/c1-15-3-8-18-19(24)20(30-22(18)27-15)21(29)25-12-9-16-4-6-17(7-5-16)28-13-23(14-28)10-2-11-26-23/h3-8,21,25-26,29H,2,9-14,24H2,1H3. The van der Waals surface area contributed by atoms with Crippen molar-refractivity contribution in [1.82, 2.24) is 15.6 Å². The Labute approximate surface area is 181 Å². The highest BCUT2D eigenvalue weighted by molar-refractivity contribution is 7.19. The van der Waals surface area contributed by atoms with Gasteiger partial charge in [-0.1, -0.05) is 12.1 Å². The van der Waals surface area contributed by atoms with Crippen LogP contribution in [0.25, 0.3) is 10.2 Å². The highest BCUT2D eigenvalue weighted by Crippen LogP contribution is 2.36. The fourth-order valence-electron chi connectivity index (χ4n) is 4.64. The summed E-state index contributed by atoms with van der Waals surface area (Å²) >= 11 is 1.46. The van der Waals surface area contributed by atoms with Crippen molar-refractivity contribution in [3.05, 3.63) is 52.5 Å². The quantitative estimate of drug-likeness (QED) is 0.456. The van der Waals surface area contributed by atoms with E-state index in [1.165, 1.54) is 35.4 Å². The van der Waals surface area contributed by atoms with Gasteiger partial charge in [0.1, 0.15) is 11.1 Å². The third kappa shape index (κ3) is 3.67. The van der Waals surface area contributed by atoms with Crippen LogP contribution >= 0.6 is 11.3 Å². The predicted molar refractivity (Wildman–Crippen MR) is 124 cm³/mol. The molecule has 6 nitrogen and oxygen atoms in total. The Morgan fingerprint density at radius 2 is 2.07 bits per heavy atom. The second-order valence-corrected chi connectivity index (χ2v) is 9.66. The molecular formula is C23H29N5OS. The highest BCUT2D eigenvalue weighted by Gasteiger charge is 2.44. The van der Waals surface area contributed by atoms with Crippen LogP contribution in [0, 0.1) is 6.92 Å². The van der Waals surface area contributed by atoms with Crippen LogP contribution in [0.4, 0.5) is 11.4 Å². The summed E-state index contributed by atoms with van der Waals surface area (Å²) in [5, 5.41) is 18.4. The zero-order valence-electron chi connectivity index (χ0n) is 17.3. The van der Waals surface area contributed by atoms with E-state index in [0.717, 1.165) is 46.8 Å². The van der Waals surface area contributed by atoms with E-state index in [1.807, 2.05) is 19.1 Å². The molecule has 2 aliphatic rings. The van der Waals surface area contributed by atoms with E-state index >= 15 is 0 Å². The molecule has 0 amide bonds. The largest absolute Gasteiger partial charge is 0.397 e. The normalized spacial score (nSPS) is 18.8. The average Bonchev–Trinajstić information content (AvgIpc) is 3.33. The SMILES string of the molecule is Cc1ccc2c(N)c(C(O)NCCc3ccc(N4CC5(CCCN5)C4)cc3)sc2n1. The van der Waals surface area contributed by atoms with E-state index in [1.54, 1.807) is 0 Å². The summed E-state index contributed by atoms with van der Waals surface area (Å²) in [6.07, 6.45) is 2.68. The van der Waals surface area contributed by atoms with E-state index in [-0.39, 0.29) is 0 Å². The molecule has 0 aliphatic carbocycles. The number of hydrogen-bond donors (Lipinski definition) is 4. The number of nitrogens with one attached hydrogen (secondary N) is 2. The summed E-state index contributed by atoms with van der Waals surface area (Å²) in [6, 6.07) is 12.7. The molecule has 2 saturated heterocycles. The number of rotatable bonds is 6. The summed E-state index contributed by atoms with van der Waals surface area (Å²) in [4.78, 5) is 8.58. The molecule has 2 fully saturated rings. The van der Waals surface area contributed by atoms with E-state index in [2.05, 4.69) is 44.8 Å². The fourth-order valence-corrected chi connectivity index (χ4v) is 5.74. The second-order valence-electron chi connectivity index (χ2n) is 8.63. The maximum atomic E-state index is 10.6. The summed E-state index contributed by atoms with van der Waals surface area (Å²) in [5.74, 6) is 0. The number of aromatic nitrogens is 1. The number of nitrogens with two attached hydrogens (primary N) is 1. The number of aliphatic hydroxyl groups is 1. The lowest BCUT2D eigenvalue weighted by molar-refractivity contribution is 0.144. The molecule has 1 unspecified atom stereocenters. The first-order chi connectivity index (χ1) is 14.5. The molecule has 1 spiro atoms. The van der Waals surface area contributed by atoms with Gasteiger partial charge in [0.15, 0.2) is 0 Å². The number of pyridine rings is 1. The Bertz CT molecular complexity index is 1030. The monoisotopic (exact) mass is 423 g/mol. The molecule has 5 rings (SSSR count). The van der Waals surface area contributed by atoms with Gasteiger partial charge < -0.3 is 21.1 Å². The smallest absolute Gasteiger partial charge is 0.142 e. The van der Waals surface area contributed by atoms with Crippen molar-refractivity contribution in [2.24, 2.45) is 0 Å².